The molecular formula is C22H28N8. The third-order valence-electron chi connectivity index (χ3n) is 5.94. The van der Waals surface area contributed by atoms with Crippen molar-refractivity contribution in [2.45, 2.75) is 32.6 Å². The molecule has 0 atom stereocenters. The van der Waals surface area contributed by atoms with E-state index in [0.29, 0.717) is 11.9 Å². The van der Waals surface area contributed by atoms with Crippen molar-refractivity contribution in [3.8, 4) is 11.4 Å². The monoisotopic (exact) mass is 404 g/mol. The maximum absolute atomic E-state index is 4.82. The van der Waals surface area contributed by atoms with Gasteiger partial charge in [0, 0.05) is 50.7 Å². The Kier molecular flexibility index (Phi) is 4.86. The molecule has 5 rings (SSSR count). The summed E-state index contributed by atoms with van der Waals surface area (Å²) in [7, 11) is 2.03. The number of aromatic nitrogens is 5. The largest absolute Gasteiger partial charge is 0.368 e. The van der Waals surface area contributed by atoms with Gasteiger partial charge in [-0.25, -0.2) is 15.0 Å². The molecule has 0 radical (unpaired) electrons. The van der Waals surface area contributed by atoms with Gasteiger partial charge in [0.25, 0.3) is 0 Å². The lowest BCUT2D eigenvalue weighted by Crippen LogP contribution is -2.43. The van der Waals surface area contributed by atoms with E-state index in [9.17, 15) is 0 Å². The van der Waals surface area contributed by atoms with Crippen LogP contribution in [0.3, 0.4) is 0 Å². The van der Waals surface area contributed by atoms with Gasteiger partial charge in [-0.05, 0) is 36.5 Å². The van der Waals surface area contributed by atoms with Gasteiger partial charge in [0.15, 0.2) is 0 Å². The average molecular weight is 405 g/mol. The van der Waals surface area contributed by atoms with E-state index in [1.807, 2.05) is 30.2 Å². The highest BCUT2D eigenvalue weighted by molar-refractivity contribution is 5.68. The van der Waals surface area contributed by atoms with Crippen LogP contribution in [0.25, 0.3) is 11.4 Å². The highest BCUT2D eigenvalue weighted by atomic mass is 15.3. The maximum atomic E-state index is 4.82. The van der Waals surface area contributed by atoms with Crippen molar-refractivity contribution in [3.63, 3.8) is 0 Å². The second-order valence-corrected chi connectivity index (χ2v) is 8.32. The van der Waals surface area contributed by atoms with Crippen molar-refractivity contribution in [3.05, 3.63) is 41.3 Å². The predicted molar refractivity (Wildman–Crippen MR) is 118 cm³/mol. The summed E-state index contributed by atoms with van der Waals surface area (Å²) in [5.41, 5.74) is 6.86. The van der Waals surface area contributed by atoms with Crippen LogP contribution >= 0.6 is 0 Å². The fourth-order valence-electron chi connectivity index (χ4n) is 4.54. The molecule has 3 aromatic heterocycles. The van der Waals surface area contributed by atoms with E-state index in [2.05, 4.69) is 45.4 Å². The first-order valence-corrected chi connectivity index (χ1v) is 10.7. The standard InChI is InChI=1S/C22H28N8/c1-14(2)21-17-6-4-15-12-25-22(27-19(15)20(17)28-29(21)3)26-18-7-5-16(13-24-18)30-10-8-23-9-11-30/h5,7,12-14,23H,4,6,8-11H2,1-3H3,(H,24,25,26,27). The minimum absolute atomic E-state index is 0.436. The zero-order valence-corrected chi connectivity index (χ0v) is 17.8. The van der Waals surface area contributed by atoms with Gasteiger partial charge in [-0.1, -0.05) is 13.8 Å². The van der Waals surface area contributed by atoms with E-state index in [4.69, 9.17) is 10.1 Å². The molecule has 1 saturated heterocycles. The molecule has 3 aromatic rings. The Bertz CT molecular complexity index is 1050. The first-order valence-electron chi connectivity index (χ1n) is 10.7. The van der Waals surface area contributed by atoms with Crippen molar-refractivity contribution < 1.29 is 0 Å². The highest BCUT2D eigenvalue weighted by Crippen LogP contribution is 2.35. The molecule has 0 saturated carbocycles. The molecule has 1 aliphatic carbocycles. The molecule has 0 unspecified atom stereocenters. The lowest BCUT2D eigenvalue weighted by Gasteiger charge is -2.29. The smallest absolute Gasteiger partial charge is 0.228 e. The van der Waals surface area contributed by atoms with Gasteiger partial charge in [0.05, 0.1) is 17.6 Å². The van der Waals surface area contributed by atoms with Crippen LogP contribution < -0.4 is 15.5 Å². The van der Waals surface area contributed by atoms with Crippen LogP contribution in [0.15, 0.2) is 24.5 Å². The lowest BCUT2D eigenvalue weighted by atomic mass is 9.91. The molecule has 156 valence electrons. The molecule has 1 aliphatic heterocycles. The number of hydrogen-bond donors (Lipinski definition) is 2. The summed E-state index contributed by atoms with van der Waals surface area (Å²) >= 11 is 0. The minimum Gasteiger partial charge on any atom is -0.368 e. The molecular weight excluding hydrogens is 376 g/mol. The summed E-state index contributed by atoms with van der Waals surface area (Å²) in [6, 6.07) is 4.09. The molecule has 0 aromatic carbocycles. The van der Waals surface area contributed by atoms with Crippen LogP contribution in [0.4, 0.5) is 17.5 Å². The Labute approximate surface area is 176 Å². The third-order valence-corrected chi connectivity index (χ3v) is 5.94. The first kappa shape index (κ1) is 19.0. The SMILES string of the molecule is CC(C)c1c2c(nn1C)-c1nc(Nc3ccc(N4CCNCC4)cn3)ncc1CC2. The van der Waals surface area contributed by atoms with Crippen LogP contribution in [-0.4, -0.2) is 50.9 Å². The summed E-state index contributed by atoms with van der Waals surface area (Å²) in [6.45, 7) is 8.47. The molecule has 0 spiro atoms. The highest BCUT2D eigenvalue weighted by Gasteiger charge is 2.26. The van der Waals surface area contributed by atoms with Crippen molar-refractivity contribution in [1.82, 2.24) is 30.0 Å². The minimum atomic E-state index is 0.436. The fourth-order valence-corrected chi connectivity index (χ4v) is 4.54. The van der Waals surface area contributed by atoms with Crippen molar-refractivity contribution in [2.24, 2.45) is 7.05 Å². The second kappa shape index (κ2) is 7.68. The molecule has 8 heteroatoms. The second-order valence-electron chi connectivity index (χ2n) is 8.32. The normalized spacial score (nSPS) is 15.8. The zero-order valence-electron chi connectivity index (χ0n) is 17.8. The number of rotatable bonds is 4. The van der Waals surface area contributed by atoms with Gasteiger partial charge < -0.3 is 15.5 Å². The summed E-state index contributed by atoms with van der Waals surface area (Å²) in [4.78, 5) is 16.3. The topological polar surface area (TPSA) is 83.8 Å². The van der Waals surface area contributed by atoms with E-state index < -0.39 is 0 Å². The molecule has 2 N–H and O–H groups in total. The lowest BCUT2D eigenvalue weighted by molar-refractivity contribution is 0.589. The number of aryl methyl sites for hydroxylation is 2. The third kappa shape index (κ3) is 3.41. The Morgan fingerprint density at radius 2 is 1.87 bits per heavy atom. The molecule has 2 aliphatic rings. The molecule has 4 heterocycles. The fraction of sp³-hybridized carbons (Fsp3) is 0.455. The van der Waals surface area contributed by atoms with Crippen LogP contribution in [-0.2, 0) is 19.9 Å². The average Bonchev–Trinajstić information content (AvgIpc) is 3.11. The number of anilines is 3. The van der Waals surface area contributed by atoms with Crippen molar-refractivity contribution in [2.75, 3.05) is 36.4 Å². The van der Waals surface area contributed by atoms with E-state index in [0.717, 1.165) is 67.5 Å². The number of fused-ring (bicyclic) bond motifs is 3. The number of hydrogen-bond acceptors (Lipinski definition) is 7. The van der Waals surface area contributed by atoms with Gasteiger partial charge in [-0.15, -0.1) is 0 Å². The van der Waals surface area contributed by atoms with Crippen LogP contribution in [0.1, 0.15) is 36.6 Å². The summed E-state index contributed by atoms with van der Waals surface area (Å²) in [6.07, 6.45) is 5.78. The Hall–Kier alpha value is -3.00. The summed E-state index contributed by atoms with van der Waals surface area (Å²) in [5.74, 6) is 1.74. The molecule has 1 fully saturated rings. The molecule has 30 heavy (non-hydrogen) atoms. The molecule has 0 amide bonds. The summed E-state index contributed by atoms with van der Waals surface area (Å²) in [5, 5.41) is 11.4. The van der Waals surface area contributed by atoms with Gasteiger partial charge in [0.2, 0.25) is 5.95 Å². The Balaban J connectivity index is 1.40. The molecule has 0 bridgehead atoms. The van der Waals surface area contributed by atoms with Gasteiger partial charge in [0.1, 0.15) is 11.5 Å². The van der Waals surface area contributed by atoms with Crippen LogP contribution in [0.5, 0.6) is 0 Å². The number of nitrogens with one attached hydrogen (secondary N) is 2. The number of nitrogens with zero attached hydrogens (tertiary/aromatic N) is 6. The van der Waals surface area contributed by atoms with E-state index in [1.54, 1.807) is 0 Å². The van der Waals surface area contributed by atoms with E-state index in [1.165, 1.54) is 11.3 Å². The number of pyridine rings is 1. The van der Waals surface area contributed by atoms with Crippen LogP contribution in [0, 0.1) is 0 Å². The van der Waals surface area contributed by atoms with Gasteiger partial charge in [-0.2, -0.15) is 5.10 Å². The van der Waals surface area contributed by atoms with Gasteiger partial charge in [-0.3, -0.25) is 4.68 Å². The Morgan fingerprint density at radius 3 is 2.60 bits per heavy atom. The zero-order chi connectivity index (χ0) is 20.7. The van der Waals surface area contributed by atoms with Gasteiger partial charge >= 0.3 is 0 Å². The summed E-state index contributed by atoms with van der Waals surface area (Å²) < 4.78 is 2.01. The number of piperazine rings is 1. The van der Waals surface area contributed by atoms with Crippen molar-refractivity contribution >= 4 is 17.5 Å². The van der Waals surface area contributed by atoms with E-state index >= 15 is 0 Å². The predicted octanol–water partition coefficient (Wildman–Crippen LogP) is 2.65. The maximum Gasteiger partial charge on any atom is 0.228 e. The Morgan fingerprint density at radius 1 is 1.03 bits per heavy atom. The quantitative estimate of drug-likeness (QED) is 0.692. The van der Waals surface area contributed by atoms with Crippen LogP contribution in [0.2, 0.25) is 0 Å². The van der Waals surface area contributed by atoms with E-state index in [-0.39, 0.29) is 0 Å². The molecule has 8 nitrogen and oxygen atoms in total. The first-order chi connectivity index (χ1) is 14.6. The van der Waals surface area contributed by atoms with Crippen molar-refractivity contribution in [1.29, 1.82) is 0 Å².